The van der Waals surface area contributed by atoms with Crippen molar-refractivity contribution in [3.8, 4) is 11.3 Å². The Morgan fingerprint density at radius 3 is 2.57 bits per heavy atom. The van der Waals surface area contributed by atoms with Gasteiger partial charge in [-0.3, -0.25) is 14.5 Å². The molecule has 150 valence electrons. The third kappa shape index (κ3) is 5.14. The van der Waals surface area contributed by atoms with Crippen LogP contribution in [0.1, 0.15) is 30.3 Å². The van der Waals surface area contributed by atoms with E-state index in [0.717, 1.165) is 24.9 Å². The highest BCUT2D eigenvalue weighted by molar-refractivity contribution is 6.33. The zero-order valence-electron chi connectivity index (χ0n) is 16.1. The van der Waals surface area contributed by atoms with Crippen molar-refractivity contribution in [2.45, 2.75) is 19.8 Å². The number of hydrogen-bond acceptors (Lipinski definition) is 4. The van der Waals surface area contributed by atoms with Crippen LogP contribution in [-0.4, -0.2) is 60.9 Å². The third-order valence-corrected chi connectivity index (χ3v) is 5.16. The highest BCUT2D eigenvalue weighted by Crippen LogP contribution is 2.29. The van der Waals surface area contributed by atoms with Gasteiger partial charge in [-0.2, -0.15) is 0 Å². The standard InChI is InChI=1S/C21H26ClN3O3/c1-2-3-10-23-20(26)15-24-11-13-25(14-12-24)21(27)19-9-8-18(28-19)16-6-4-5-7-17(16)22/h4-9H,2-3,10-15H2,1H3,(H,23,26). The first kappa shape index (κ1) is 20.4. The first-order valence-corrected chi connectivity index (χ1v) is 10.1. The fourth-order valence-electron chi connectivity index (χ4n) is 3.19. The summed E-state index contributed by atoms with van der Waals surface area (Å²) in [5, 5.41) is 3.51. The molecule has 2 heterocycles. The van der Waals surface area contributed by atoms with Crippen LogP contribution in [-0.2, 0) is 4.79 Å². The van der Waals surface area contributed by atoms with Gasteiger partial charge in [0.05, 0.1) is 11.6 Å². The fraction of sp³-hybridized carbons (Fsp3) is 0.429. The third-order valence-electron chi connectivity index (χ3n) is 4.84. The van der Waals surface area contributed by atoms with Crippen LogP contribution in [0.15, 0.2) is 40.8 Å². The van der Waals surface area contributed by atoms with Gasteiger partial charge in [0.15, 0.2) is 5.76 Å². The van der Waals surface area contributed by atoms with E-state index in [4.69, 9.17) is 16.0 Å². The number of nitrogens with zero attached hydrogens (tertiary/aromatic N) is 2. The van der Waals surface area contributed by atoms with Gasteiger partial charge in [0.1, 0.15) is 5.76 Å². The van der Waals surface area contributed by atoms with E-state index in [1.54, 1.807) is 23.1 Å². The van der Waals surface area contributed by atoms with Gasteiger partial charge < -0.3 is 14.6 Å². The van der Waals surface area contributed by atoms with Crippen LogP contribution >= 0.6 is 11.6 Å². The van der Waals surface area contributed by atoms with Gasteiger partial charge in [-0.05, 0) is 30.7 Å². The molecule has 0 spiro atoms. The molecule has 1 aliphatic heterocycles. The number of piperazine rings is 1. The van der Waals surface area contributed by atoms with Gasteiger partial charge in [-0.1, -0.05) is 37.1 Å². The van der Waals surface area contributed by atoms with Crippen LogP contribution in [0, 0.1) is 0 Å². The minimum atomic E-state index is -0.134. The fourth-order valence-corrected chi connectivity index (χ4v) is 3.42. The Hall–Kier alpha value is -2.31. The van der Waals surface area contributed by atoms with E-state index in [9.17, 15) is 9.59 Å². The number of benzene rings is 1. The first-order valence-electron chi connectivity index (χ1n) is 9.71. The lowest BCUT2D eigenvalue weighted by atomic mass is 10.2. The summed E-state index contributed by atoms with van der Waals surface area (Å²) in [5.41, 5.74) is 0.766. The SMILES string of the molecule is CCCCNC(=O)CN1CCN(C(=O)c2ccc(-c3ccccc3Cl)o2)CC1. The highest BCUT2D eigenvalue weighted by Gasteiger charge is 2.25. The molecule has 3 rings (SSSR count). The minimum absolute atomic E-state index is 0.0450. The van der Waals surface area contributed by atoms with E-state index >= 15 is 0 Å². The van der Waals surface area contributed by atoms with Crippen LogP contribution in [0.5, 0.6) is 0 Å². The van der Waals surface area contributed by atoms with Crippen molar-refractivity contribution in [1.82, 2.24) is 15.1 Å². The van der Waals surface area contributed by atoms with Gasteiger partial charge in [-0.15, -0.1) is 0 Å². The summed E-state index contributed by atoms with van der Waals surface area (Å²) in [5.74, 6) is 0.797. The van der Waals surface area contributed by atoms with E-state index in [-0.39, 0.29) is 11.8 Å². The van der Waals surface area contributed by atoms with Gasteiger partial charge in [0.2, 0.25) is 5.91 Å². The summed E-state index contributed by atoms with van der Waals surface area (Å²) in [7, 11) is 0. The van der Waals surface area contributed by atoms with Crippen molar-refractivity contribution in [2.75, 3.05) is 39.3 Å². The van der Waals surface area contributed by atoms with Crippen LogP contribution in [0.25, 0.3) is 11.3 Å². The zero-order chi connectivity index (χ0) is 19.9. The number of carbonyl (C=O) groups is 2. The van der Waals surface area contributed by atoms with E-state index in [0.29, 0.717) is 49.3 Å². The van der Waals surface area contributed by atoms with Gasteiger partial charge >= 0.3 is 0 Å². The number of unbranched alkanes of at least 4 members (excludes halogenated alkanes) is 1. The Labute approximate surface area is 170 Å². The molecular formula is C21H26ClN3O3. The molecule has 7 heteroatoms. The smallest absolute Gasteiger partial charge is 0.289 e. The largest absolute Gasteiger partial charge is 0.451 e. The van der Waals surface area contributed by atoms with Crippen molar-refractivity contribution in [1.29, 1.82) is 0 Å². The van der Waals surface area contributed by atoms with Gasteiger partial charge in [0.25, 0.3) is 5.91 Å². The molecule has 1 aromatic heterocycles. The van der Waals surface area contributed by atoms with E-state index < -0.39 is 0 Å². The lowest BCUT2D eigenvalue weighted by Gasteiger charge is -2.33. The van der Waals surface area contributed by atoms with Crippen molar-refractivity contribution < 1.29 is 14.0 Å². The highest BCUT2D eigenvalue weighted by atomic mass is 35.5. The number of hydrogen-bond donors (Lipinski definition) is 1. The summed E-state index contributed by atoms with van der Waals surface area (Å²) in [6, 6.07) is 10.8. The predicted octanol–water partition coefficient (Wildman–Crippen LogP) is 3.27. The predicted molar refractivity (Wildman–Crippen MR) is 109 cm³/mol. The van der Waals surface area contributed by atoms with E-state index in [2.05, 4.69) is 17.1 Å². The van der Waals surface area contributed by atoms with Crippen molar-refractivity contribution in [3.63, 3.8) is 0 Å². The monoisotopic (exact) mass is 403 g/mol. The molecule has 2 aromatic rings. The van der Waals surface area contributed by atoms with Crippen molar-refractivity contribution in [3.05, 3.63) is 47.2 Å². The Morgan fingerprint density at radius 2 is 1.86 bits per heavy atom. The average Bonchev–Trinajstić information content (AvgIpc) is 3.18. The molecule has 0 unspecified atom stereocenters. The molecule has 1 N–H and O–H groups in total. The quantitative estimate of drug-likeness (QED) is 0.720. The molecule has 0 bridgehead atoms. The Morgan fingerprint density at radius 1 is 1.11 bits per heavy atom. The summed E-state index contributed by atoms with van der Waals surface area (Å²) < 4.78 is 5.76. The van der Waals surface area contributed by atoms with Crippen LogP contribution in [0.2, 0.25) is 5.02 Å². The molecule has 0 aliphatic carbocycles. The topological polar surface area (TPSA) is 65.8 Å². The van der Waals surface area contributed by atoms with Crippen molar-refractivity contribution in [2.24, 2.45) is 0 Å². The molecule has 0 saturated carbocycles. The number of furan rings is 1. The van der Waals surface area contributed by atoms with E-state index in [1.165, 1.54) is 0 Å². The lowest BCUT2D eigenvalue weighted by Crippen LogP contribution is -2.51. The molecule has 2 amide bonds. The normalized spacial score (nSPS) is 14.9. The molecule has 1 aromatic carbocycles. The second-order valence-corrected chi connectivity index (χ2v) is 7.32. The Bertz CT molecular complexity index is 813. The average molecular weight is 404 g/mol. The Balaban J connectivity index is 1.52. The second-order valence-electron chi connectivity index (χ2n) is 6.92. The number of nitrogens with one attached hydrogen (secondary N) is 1. The van der Waals surface area contributed by atoms with E-state index in [1.807, 2.05) is 18.2 Å². The Kier molecular flexibility index (Phi) is 7.12. The molecular weight excluding hydrogens is 378 g/mol. The number of carbonyl (C=O) groups excluding carboxylic acids is 2. The van der Waals surface area contributed by atoms with Gasteiger partial charge in [0, 0.05) is 38.3 Å². The molecule has 0 atom stereocenters. The minimum Gasteiger partial charge on any atom is -0.451 e. The van der Waals surface area contributed by atoms with Gasteiger partial charge in [-0.25, -0.2) is 0 Å². The molecule has 1 saturated heterocycles. The van der Waals surface area contributed by atoms with Crippen LogP contribution in [0.3, 0.4) is 0 Å². The van der Waals surface area contributed by atoms with Crippen molar-refractivity contribution >= 4 is 23.4 Å². The number of amides is 2. The van der Waals surface area contributed by atoms with Crippen LogP contribution < -0.4 is 5.32 Å². The maximum atomic E-state index is 12.7. The maximum Gasteiger partial charge on any atom is 0.289 e. The molecule has 28 heavy (non-hydrogen) atoms. The summed E-state index contributed by atoms with van der Waals surface area (Å²) in [4.78, 5) is 28.5. The zero-order valence-corrected chi connectivity index (χ0v) is 16.9. The number of rotatable bonds is 7. The molecule has 1 fully saturated rings. The lowest BCUT2D eigenvalue weighted by molar-refractivity contribution is -0.122. The second kappa shape index (κ2) is 9.75. The summed E-state index contributed by atoms with van der Waals surface area (Å²) in [6.07, 6.45) is 2.05. The maximum absolute atomic E-state index is 12.7. The summed E-state index contributed by atoms with van der Waals surface area (Å²) >= 11 is 6.20. The number of halogens is 1. The molecule has 6 nitrogen and oxygen atoms in total. The molecule has 0 radical (unpaired) electrons. The summed E-state index contributed by atoms with van der Waals surface area (Å²) in [6.45, 7) is 5.68. The first-order chi connectivity index (χ1) is 13.6. The molecule has 1 aliphatic rings. The van der Waals surface area contributed by atoms with Crippen LogP contribution in [0.4, 0.5) is 0 Å².